The van der Waals surface area contributed by atoms with Gasteiger partial charge in [-0.25, -0.2) is 15.0 Å². The van der Waals surface area contributed by atoms with Crippen LogP contribution in [0.3, 0.4) is 0 Å². The molecule has 1 saturated carbocycles. The zero-order valence-electron chi connectivity index (χ0n) is 14.5. The predicted molar refractivity (Wildman–Crippen MR) is 96.3 cm³/mol. The lowest BCUT2D eigenvalue weighted by Gasteiger charge is -2.16. The standard InChI is InChI=1S/C18H26N6/c1-3-19-18(23-16-6-4-5-7-16)22-13-15-8-9-17(21-12-15)24-11-10-20-14(24)2/h8-12,16H,3-7,13H2,1-2H3,(H2,19,22,23). The summed E-state index contributed by atoms with van der Waals surface area (Å²) >= 11 is 0. The average Bonchev–Trinajstić information content (AvgIpc) is 3.25. The van der Waals surface area contributed by atoms with E-state index in [2.05, 4.69) is 33.6 Å². The lowest BCUT2D eigenvalue weighted by atomic mass is 10.2. The lowest BCUT2D eigenvalue weighted by molar-refractivity contribution is 0.614. The van der Waals surface area contributed by atoms with Gasteiger partial charge >= 0.3 is 0 Å². The summed E-state index contributed by atoms with van der Waals surface area (Å²) in [5, 5.41) is 6.86. The van der Waals surface area contributed by atoms with E-state index >= 15 is 0 Å². The molecule has 24 heavy (non-hydrogen) atoms. The summed E-state index contributed by atoms with van der Waals surface area (Å²) < 4.78 is 1.97. The van der Waals surface area contributed by atoms with Crippen molar-refractivity contribution in [1.29, 1.82) is 0 Å². The molecule has 0 unspecified atom stereocenters. The zero-order valence-corrected chi connectivity index (χ0v) is 14.5. The molecule has 128 valence electrons. The largest absolute Gasteiger partial charge is 0.357 e. The molecule has 0 amide bonds. The quantitative estimate of drug-likeness (QED) is 0.655. The van der Waals surface area contributed by atoms with Gasteiger partial charge in [0.2, 0.25) is 0 Å². The molecule has 0 spiro atoms. The minimum atomic E-state index is 0.563. The van der Waals surface area contributed by atoms with E-state index in [1.807, 2.05) is 30.0 Å². The average molecular weight is 326 g/mol. The lowest BCUT2D eigenvalue weighted by Crippen LogP contribution is -2.42. The highest BCUT2D eigenvalue weighted by Crippen LogP contribution is 2.17. The van der Waals surface area contributed by atoms with Crippen LogP contribution in [0.4, 0.5) is 0 Å². The Bertz CT molecular complexity index is 667. The van der Waals surface area contributed by atoms with E-state index in [4.69, 9.17) is 4.99 Å². The second-order valence-corrected chi connectivity index (χ2v) is 6.19. The van der Waals surface area contributed by atoms with Crippen LogP contribution in [0.15, 0.2) is 35.7 Å². The number of nitrogens with zero attached hydrogens (tertiary/aromatic N) is 4. The van der Waals surface area contributed by atoms with E-state index in [-0.39, 0.29) is 0 Å². The minimum absolute atomic E-state index is 0.563. The van der Waals surface area contributed by atoms with Gasteiger partial charge in [-0.15, -0.1) is 0 Å². The van der Waals surface area contributed by atoms with Crippen LogP contribution in [-0.4, -0.2) is 33.1 Å². The highest BCUT2D eigenvalue weighted by molar-refractivity contribution is 5.80. The molecule has 6 nitrogen and oxygen atoms in total. The number of hydrogen-bond acceptors (Lipinski definition) is 3. The van der Waals surface area contributed by atoms with E-state index in [0.29, 0.717) is 12.6 Å². The van der Waals surface area contributed by atoms with Crippen LogP contribution in [0.25, 0.3) is 5.82 Å². The maximum absolute atomic E-state index is 4.69. The van der Waals surface area contributed by atoms with Crippen molar-refractivity contribution >= 4 is 5.96 Å². The maximum Gasteiger partial charge on any atom is 0.191 e. The maximum atomic E-state index is 4.69. The van der Waals surface area contributed by atoms with Gasteiger partial charge in [0.15, 0.2) is 5.96 Å². The second-order valence-electron chi connectivity index (χ2n) is 6.19. The fraction of sp³-hybridized carbons (Fsp3) is 0.500. The van der Waals surface area contributed by atoms with Crippen LogP contribution >= 0.6 is 0 Å². The summed E-state index contributed by atoms with van der Waals surface area (Å²) in [7, 11) is 0. The molecular weight excluding hydrogens is 300 g/mol. The first-order valence-electron chi connectivity index (χ1n) is 8.76. The molecule has 1 aliphatic rings. The Hall–Kier alpha value is -2.37. The van der Waals surface area contributed by atoms with Crippen molar-refractivity contribution in [3.8, 4) is 5.82 Å². The van der Waals surface area contributed by atoms with Crippen molar-refractivity contribution in [3.63, 3.8) is 0 Å². The third kappa shape index (κ3) is 4.13. The van der Waals surface area contributed by atoms with E-state index in [1.54, 1.807) is 6.20 Å². The molecule has 3 rings (SSSR count). The molecule has 0 radical (unpaired) electrons. The summed E-state index contributed by atoms with van der Waals surface area (Å²) in [6, 6.07) is 4.65. The smallest absolute Gasteiger partial charge is 0.191 e. The summed E-state index contributed by atoms with van der Waals surface area (Å²) in [4.78, 5) is 13.4. The Morgan fingerprint density at radius 3 is 2.75 bits per heavy atom. The molecule has 0 aliphatic heterocycles. The van der Waals surface area contributed by atoms with Crippen LogP contribution in [-0.2, 0) is 6.54 Å². The molecule has 0 aromatic carbocycles. The van der Waals surface area contributed by atoms with Crippen LogP contribution in [0.5, 0.6) is 0 Å². The Morgan fingerprint density at radius 1 is 1.29 bits per heavy atom. The zero-order chi connectivity index (χ0) is 16.8. The normalized spacial score (nSPS) is 15.7. The summed E-state index contributed by atoms with van der Waals surface area (Å²) in [6.07, 6.45) is 10.7. The van der Waals surface area contributed by atoms with E-state index in [1.165, 1.54) is 25.7 Å². The molecule has 2 aromatic heterocycles. The van der Waals surface area contributed by atoms with E-state index in [9.17, 15) is 0 Å². The van der Waals surface area contributed by atoms with Gasteiger partial charge in [0.05, 0.1) is 6.54 Å². The highest BCUT2D eigenvalue weighted by Gasteiger charge is 2.15. The van der Waals surface area contributed by atoms with E-state index < -0.39 is 0 Å². The number of guanidine groups is 1. The molecule has 6 heteroatoms. The predicted octanol–water partition coefficient (Wildman–Crippen LogP) is 2.57. The number of rotatable bonds is 5. The SMILES string of the molecule is CCNC(=NCc1ccc(-n2ccnc2C)nc1)NC1CCCC1. The van der Waals surface area contributed by atoms with Gasteiger partial charge in [-0.2, -0.15) is 0 Å². The number of aliphatic imine (C=N–C) groups is 1. The topological polar surface area (TPSA) is 67.1 Å². The first-order chi connectivity index (χ1) is 11.8. The van der Waals surface area contributed by atoms with Crippen LogP contribution in [0, 0.1) is 6.92 Å². The molecule has 2 heterocycles. The number of nitrogens with one attached hydrogen (secondary N) is 2. The molecule has 0 saturated heterocycles. The Labute approximate surface area is 143 Å². The van der Waals surface area contributed by atoms with Gasteiger partial charge in [0.1, 0.15) is 11.6 Å². The summed E-state index contributed by atoms with van der Waals surface area (Å²) in [5.74, 6) is 2.72. The number of hydrogen-bond donors (Lipinski definition) is 2. The number of imidazole rings is 1. The Morgan fingerprint density at radius 2 is 2.12 bits per heavy atom. The molecule has 2 N–H and O–H groups in total. The fourth-order valence-electron chi connectivity index (χ4n) is 3.03. The Kier molecular flexibility index (Phi) is 5.46. The van der Waals surface area contributed by atoms with Crippen molar-refractivity contribution in [2.24, 2.45) is 4.99 Å². The van der Waals surface area contributed by atoms with Gasteiger partial charge in [-0.05, 0) is 38.3 Å². The monoisotopic (exact) mass is 326 g/mol. The molecule has 0 bridgehead atoms. The minimum Gasteiger partial charge on any atom is -0.357 e. The van der Waals surface area contributed by atoms with Crippen molar-refractivity contribution in [3.05, 3.63) is 42.1 Å². The summed E-state index contributed by atoms with van der Waals surface area (Å²) in [6.45, 7) is 5.56. The molecule has 1 fully saturated rings. The first-order valence-corrected chi connectivity index (χ1v) is 8.76. The van der Waals surface area contributed by atoms with Crippen molar-refractivity contribution in [2.75, 3.05) is 6.54 Å². The van der Waals surface area contributed by atoms with Crippen LogP contribution in [0.1, 0.15) is 44.0 Å². The molecular formula is C18H26N6. The van der Waals surface area contributed by atoms with Gasteiger partial charge in [-0.3, -0.25) is 4.57 Å². The summed E-state index contributed by atoms with van der Waals surface area (Å²) in [5.41, 5.74) is 1.10. The third-order valence-electron chi connectivity index (χ3n) is 4.34. The number of aromatic nitrogens is 3. The van der Waals surface area contributed by atoms with Crippen molar-refractivity contribution in [2.45, 2.75) is 52.1 Å². The number of aryl methyl sites for hydroxylation is 1. The van der Waals surface area contributed by atoms with Gasteiger partial charge in [0, 0.05) is 31.2 Å². The molecule has 2 aromatic rings. The van der Waals surface area contributed by atoms with Gasteiger partial charge < -0.3 is 10.6 Å². The number of pyridine rings is 1. The van der Waals surface area contributed by atoms with Crippen molar-refractivity contribution in [1.82, 2.24) is 25.2 Å². The molecule has 0 atom stereocenters. The Balaban J connectivity index is 1.64. The second kappa shape index (κ2) is 7.95. The van der Waals surface area contributed by atoms with Crippen LogP contribution in [0.2, 0.25) is 0 Å². The van der Waals surface area contributed by atoms with Crippen LogP contribution < -0.4 is 10.6 Å². The fourth-order valence-corrected chi connectivity index (χ4v) is 3.03. The van der Waals surface area contributed by atoms with E-state index in [0.717, 1.165) is 29.7 Å². The third-order valence-corrected chi connectivity index (χ3v) is 4.34. The molecule has 1 aliphatic carbocycles. The van der Waals surface area contributed by atoms with Gasteiger partial charge in [-0.1, -0.05) is 18.9 Å². The van der Waals surface area contributed by atoms with Gasteiger partial charge in [0.25, 0.3) is 0 Å². The first kappa shape index (κ1) is 16.5. The van der Waals surface area contributed by atoms with Crippen molar-refractivity contribution < 1.29 is 0 Å². The highest BCUT2D eigenvalue weighted by atomic mass is 15.2.